The molecule has 0 amide bonds. The van der Waals surface area contributed by atoms with Gasteiger partial charge in [0.1, 0.15) is 0 Å². The van der Waals surface area contributed by atoms with Crippen LogP contribution in [0.15, 0.2) is 11.6 Å². The lowest BCUT2D eigenvalue weighted by Crippen LogP contribution is -2.51. The molecule has 0 aliphatic heterocycles. The Morgan fingerprint density at radius 3 is 2.63 bits per heavy atom. The first-order valence-corrected chi connectivity index (χ1v) is 16.4. The van der Waals surface area contributed by atoms with Crippen molar-refractivity contribution in [1.82, 2.24) is 5.32 Å². The number of hydrogen-bond donors (Lipinski definition) is 1. The van der Waals surface area contributed by atoms with E-state index in [1.165, 1.54) is 64.2 Å². The molecular weight excluding hydrogens is 470 g/mol. The van der Waals surface area contributed by atoms with E-state index in [2.05, 4.69) is 46.0 Å². The number of rotatable bonds is 13. The lowest BCUT2D eigenvalue weighted by atomic mass is 9.47. The fourth-order valence-electron chi connectivity index (χ4n) is 9.64. The van der Waals surface area contributed by atoms with Gasteiger partial charge in [0, 0.05) is 6.61 Å². The van der Waals surface area contributed by atoms with Crippen LogP contribution < -0.4 is 5.32 Å². The number of hydrogen-bond acceptors (Lipinski definition) is 4. The van der Waals surface area contributed by atoms with Gasteiger partial charge >= 0.3 is 5.97 Å². The summed E-state index contributed by atoms with van der Waals surface area (Å²) in [6.45, 7) is 16.8. The minimum absolute atomic E-state index is 0.171. The van der Waals surface area contributed by atoms with Gasteiger partial charge < -0.3 is 14.8 Å². The van der Waals surface area contributed by atoms with Crippen molar-refractivity contribution in [2.75, 3.05) is 26.3 Å². The molecule has 0 saturated heterocycles. The maximum Gasteiger partial charge on any atom is 0.319 e. The third-order valence-corrected chi connectivity index (χ3v) is 11.7. The predicted molar refractivity (Wildman–Crippen MR) is 157 cm³/mol. The quantitative estimate of drug-likeness (QED) is 0.149. The maximum atomic E-state index is 11.4. The molecule has 4 heteroatoms. The van der Waals surface area contributed by atoms with Gasteiger partial charge in [-0.25, -0.2) is 0 Å². The molecule has 4 aliphatic carbocycles. The number of allylic oxidation sites excluding steroid dienone is 1. The Hall–Kier alpha value is -0.870. The Balaban J connectivity index is 1.28. The molecule has 8 unspecified atom stereocenters. The summed E-state index contributed by atoms with van der Waals surface area (Å²) < 4.78 is 11.3. The Morgan fingerprint density at radius 2 is 1.87 bits per heavy atom. The summed E-state index contributed by atoms with van der Waals surface area (Å²) in [7, 11) is 0. The van der Waals surface area contributed by atoms with Crippen LogP contribution in [-0.2, 0) is 14.3 Å². The summed E-state index contributed by atoms with van der Waals surface area (Å²) >= 11 is 0. The molecule has 0 spiro atoms. The van der Waals surface area contributed by atoms with Crippen LogP contribution in [0.2, 0.25) is 0 Å². The number of carbonyl (C=O) groups excluding carboxylic acids is 1. The van der Waals surface area contributed by atoms with Crippen molar-refractivity contribution >= 4 is 5.97 Å². The van der Waals surface area contributed by atoms with Crippen molar-refractivity contribution in [2.24, 2.45) is 46.3 Å². The lowest BCUT2D eigenvalue weighted by molar-refractivity contribution is -0.142. The highest BCUT2D eigenvalue weighted by Crippen LogP contribution is 2.67. The van der Waals surface area contributed by atoms with Gasteiger partial charge in [-0.3, -0.25) is 4.79 Å². The second-order valence-electron chi connectivity index (χ2n) is 14.4. The molecule has 0 aromatic carbocycles. The molecule has 4 rings (SSSR count). The van der Waals surface area contributed by atoms with E-state index in [0.717, 1.165) is 61.5 Å². The van der Waals surface area contributed by atoms with E-state index in [-0.39, 0.29) is 5.97 Å². The zero-order valence-corrected chi connectivity index (χ0v) is 25.7. The lowest BCUT2D eigenvalue weighted by Gasteiger charge is -2.58. The van der Waals surface area contributed by atoms with Crippen molar-refractivity contribution < 1.29 is 14.3 Å². The first kappa shape index (κ1) is 30.1. The molecule has 4 nitrogen and oxygen atoms in total. The molecular formula is C34H59NO3. The van der Waals surface area contributed by atoms with Crippen LogP contribution in [0.3, 0.4) is 0 Å². The monoisotopic (exact) mass is 529 g/mol. The molecule has 1 N–H and O–H groups in total. The molecule has 3 saturated carbocycles. The number of carbonyl (C=O) groups is 1. The van der Waals surface area contributed by atoms with E-state index in [1.807, 2.05) is 6.92 Å². The van der Waals surface area contributed by atoms with Gasteiger partial charge in [0.05, 0.1) is 19.3 Å². The van der Waals surface area contributed by atoms with E-state index in [9.17, 15) is 4.79 Å². The van der Waals surface area contributed by atoms with Crippen molar-refractivity contribution in [3.63, 3.8) is 0 Å². The minimum Gasteiger partial charge on any atom is -0.465 e. The Kier molecular flexibility index (Phi) is 10.5. The molecule has 218 valence electrons. The number of nitrogens with one attached hydrogen (secondary N) is 1. The maximum absolute atomic E-state index is 11.4. The Bertz CT molecular complexity index is 808. The third kappa shape index (κ3) is 6.54. The highest BCUT2D eigenvalue weighted by Gasteiger charge is 2.59. The van der Waals surface area contributed by atoms with Crippen molar-refractivity contribution in [3.8, 4) is 0 Å². The van der Waals surface area contributed by atoms with E-state index in [1.54, 1.807) is 5.57 Å². The van der Waals surface area contributed by atoms with Crippen molar-refractivity contribution in [1.29, 1.82) is 0 Å². The van der Waals surface area contributed by atoms with Gasteiger partial charge in [-0.2, -0.15) is 0 Å². The fraction of sp³-hybridized carbons (Fsp3) is 0.912. The second-order valence-corrected chi connectivity index (χ2v) is 14.4. The molecule has 4 aliphatic rings. The number of ether oxygens (including phenoxy) is 2. The van der Waals surface area contributed by atoms with E-state index in [0.29, 0.717) is 30.1 Å². The van der Waals surface area contributed by atoms with Crippen LogP contribution in [0.4, 0.5) is 0 Å². The third-order valence-electron chi connectivity index (χ3n) is 11.7. The molecule has 38 heavy (non-hydrogen) atoms. The smallest absolute Gasteiger partial charge is 0.319 e. The normalized spacial score (nSPS) is 37.2. The van der Waals surface area contributed by atoms with Crippen LogP contribution in [0, 0.1) is 46.3 Å². The van der Waals surface area contributed by atoms with E-state index < -0.39 is 0 Å². The molecule has 0 heterocycles. The van der Waals surface area contributed by atoms with Gasteiger partial charge in [-0.1, -0.05) is 65.5 Å². The van der Waals surface area contributed by atoms with Crippen molar-refractivity contribution in [2.45, 2.75) is 125 Å². The minimum atomic E-state index is -0.171. The predicted octanol–water partition coefficient (Wildman–Crippen LogP) is 7.96. The van der Waals surface area contributed by atoms with Crippen LogP contribution in [0.25, 0.3) is 0 Å². The zero-order chi connectivity index (χ0) is 27.3. The van der Waals surface area contributed by atoms with E-state index >= 15 is 0 Å². The summed E-state index contributed by atoms with van der Waals surface area (Å²) in [5, 5.41) is 3.17. The highest BCUT2D eigenvalue weighted by molar-refractivity contribution is 5.71. The van der Waals surface area contributed by atoms with Crippen LogP contribution >= 0.6 is 0 Å². The SMILES string of the molecule is CCOC(=O)CNCCCOC1CCC2(C)C(=CCC3C2CCC2(C)C(C(C)CCCC(C)C)CCC32)C1. The Labute approximate surface area is 234 Å². The topological polar surface area (TPSA) is 47.6 Å². The van der Waals surface area contributed by atoms with Crippen LogP contribution in [0.1, 0.15) is 119 Å². The number of esters is 1. The average molecular weight is 530 g/mol. The van der Waals surface area contributed by atoms with E-state index in [4.69, 9.17) is 9.47 Å². The first-order chi connectivity index (χ1) is 18.2. The summed E-state index contributed by atoms with van der Waals surface area (Å²) in [6.07, 6.45) is 19.0. The zero-order valence-electron chi connectivity index (χ0n) is 25.7. The molecule has 0 aromatic heterocycles. The van der Waals surface area contributed by atoms with Crippen molar-refractivity contribution in [3.05, 3.63) is 11.6 Å². The molecule has 3 fully saturated rings. The van der Waals surface area contributed by atoms with Crippen LogP contribution in [0.5, 0.6) is 0 Å². The fourth-order valence-corrected chi connectivity index (χ4v) is 9.64. The van der Waals surface area contributed by atoms with Gasteiger partial charge in [0.2, 0.25) is 0 Å². The molecule has 8 atom stereocenters. The van der Waals surface area contributed by atoms with Crippen LogP contribution in [-0.4, -0.2) is 38.4 Å². The second kappa shape index (κ2) is 13.2. The molecule has 0 aromatic rings. The van der Waals surface area contributed by atoms with Gasteiger partial charge in [-0.05, 0) is 118 Å². The van der Waals surface area contributed by atoms with Gasteiger partial charge in [-0.15, -0.1) is 0 Å². The molecule has 0 bridgehead atoms. The van der Waals surface area contributed by atoms with Gasteiger partial charge in [0.15, 0.2) is 0 Å². The highest BCUT2D eigenvalue weighted by atomic mass is 16.5. The summed E-state index contributed by atoms with van der Waals surface area (Å²) in [5.74, 6) is 5.21. The summed E-state index contributed by atoms with van der Waals surface area (Å²) in [6, 6.07) is 0. The first-order valence-electron chi connectivity index (χ1n) is 16.4. The standard InChI is InChI=1S/C34H59NO3/c1-7-37-32(36)23-35-20-9-21-38-27-16-18-33(5)26(22-27)12-13-28-30-15-14-29(25(4)11-8-10-24(2)3)34(30,6)19-17-31(28)33/h12,24-25,27-31,35H,7-11,13-23H2,1-6H3. The summed E-state index contributed by atoms with van der Waals surface area (Å²) in [4.78, 5) is 11.4. The largest absolute Gasteiger partial charge is 0.465 e. The Morgan fingerprint density at radius 1 is 1.05 bits per heavy atom. The number of fused-ring (bicyclic) bond motifs is 5. The van der Waals surface area contributed by atoms with Gasteiger partial charge in [0.25, 0.3) is 0 Å². The average Bonchev–Trinajstić information content (AvgIpc) is 3.23. The molecule has 0 radical (unpaired) electrons. The summed E-state index contributed by atoms with van der Waals surface area (Å²) in [5.41, 5.74) is 2.68.